The number of nitro groups is 1. The summed E-state index contributed by atoms with van der Waals surface area (Å²) in [5, 5.41) is 16.8. The van der Waals surface area contributed by atoms with E-state index in [-0.39, 0.29) is 17.8 Å². The number of aryl methyl sites for hydroxylation is 1. The van der Waals surface area contributed by atoms with Gasteiger partial charge in [0.15, 0.2) is 5.13 Å². The van der Waals surface area contributed by atoms with E-state index in [2.05, 4.69) is 32.7 Å². The molecule has 0 bridgehead atoms. The lowest BCUT2D eigenvalue weighted by atomic mass is 10.1. The van der Waals surface area contributed by atoms with Crippen LogP contribution in [0.4, 0.5) is 10.8 Å². The SMILES string of the molecule is Cc1ccc(C(=O)NCC(=O)Nc2nc3c(s2)CN(Cc2ccccc2)CC3)cc1[N+](=O)[O-]. The number of fused-ring (bicyclic) bond motifs is 1. The van der Waals surface area contributed by atoms with Crippen molar-refractivity contribution in [3.63, 3.8) is 0 Å². The van der Waals surface area contributed by atoms with Crippen LogP contribution in [-0.4, -0.2) is 39.7 Å². The minimum Gasteiger partial charge on any atom is -0.343 e. The highest BCUT2D eigenvalue weighted by atomic mass is 32.1. The topological polar surface area (TPSA) is 117 Å². The largest absolute Gasteiger partial charge is 0.343 e. The Morgan fingerprint density at radius 1 is 1.21 bits per heavy atom. The number of hydrogen-bond donors (Lipinski definition) is 2. The zero-order valence-corrected chi connectivity index (χ0v) is 18.9. The molecule has 3 aromatic rings. The molecule has 10 heteroatoms. The summed E-state index contributed by atoms with van der Waals surface area (Å²) in [6, 6.07) is 14.5. The van der Waals surface area contributed by atoms with E-state index >= 15 is 0 Å². The second-order valence-electron chi connectivity index (χ2n) is 7.82. The zero-order chi connectivity index (χ0) is 23.4. The Morgan fingerprint density at radius 3 is 2.76 bits per heavy atom. The number of nitrogens with one attached hydrogen (secondary N) is 2. The summed E-state index contributed by atoms with van der Waals surface area (Å²) in [5.41, 5.74) is 2.71. The third-order valence-electron chi connectivity index (χ3n) is 5.38. The minimum atomic E-state index is -0.553. The van der Waals surface area contributed by atoms with Crippen LogP contribution in [0.5, 0.6) is 0 Å². The van der Waals surface area contributed by atoms with Crippen LogP contribution in [-0.2, 0) is 24.3 Å². The minimum absolute atomic E-state index is 0.128. The van der Waals surface area contributed by atoms with Gasteiger partial charge < -0.3 is 10.6 Å². The third-order valence-corrected chi connectivity index (χ3v) is 6.38. The van der Waals surface area contributed by atoms with Gasteiger partial charge in [-0.3, -0.25) is 24.6 Å². The van der Waals surface area contributed by atoms with Crippen LogP contribution in [0.3, 0.4) is 0 Å². The van der Waals surface area contributed by atoms with Crippen molar-refractivity contribution in [3.05, 3.63) is 85.9 Å². The van der Waals surface area contributed by atoms with Gasteiger partial charge >= 0.3 is 0 Å². The molecule has 9 nitrogen and oxygen atoms in total. The van der Waals surface area contributed by atoms with Gasteiger partial charge in [0.1, 0.15) is 0 Å². The van der Waals surface area contributed by atoms with Crippen LogP contribution in [0.1, 0.15) is 32.1 Å². The Balaban J connectivity index is 1.31. The second kappa shape index (κ2) is 9.88. The van der Waals surface area contributed by atoms with E-state index in [1.807, 2.05) is 18.2 Å². The van der Waals surface area contributed by atoms with Crippen molar-refractivity contribution in [1.82, 2.24) is 15.2 Å². The Hall–Kier alpha value is -3.63. The molecule has 2 aromatic carbocycles. The molecule has 33 heavy (non-hydrogen) atoms. The Labute approximate surface area is 194 Å². The number of hydrogen-bond acceptors (Lipinski definition) is 7. The molecule has 0 radical (unpaired) electrons. The fourth-order valence-corrected chi connectivity index (χ4v) is 4.72. The van der Waals surface area contributed by atoms with E-state index < -0.39 is 16.7 Å². The number of thiazole rings is 1. The first kappa shape index (κ1) is 22.6. The normalized spacial score (nSPS) is 13.2. The molecule has 1 aliphatic heterocycles. The monoisotopic (exact) mass is 465 g/mol. The van der Waals surface area contributed by atoms with Gasteiger partial charge in [-0.1, -0.05) is 36.4 Å². The lowest BCUT2D eigenvalue weighted by Crippen LogP contribution is -2.32. The van der Waals surface area contributed by atoms with Gasteiger partial charge in [-0.2, -0.15) is 0 Å². The van der Waals surface area contributed by atoms with Gasteiger partial charge in [0.2, 0.25) is 5.91 Å². The number of carbonyl (C=O) groups excluding carboxylic acids is 2. The van der Waals surface area contributed by atoms with Gasteiger partial charge in [0, 0.05) is 48.1 Å². The predicted molar refractivity (Wildman–Crippen MR) is 125 cm³/mol. The van der Waals surface area contributed by atoms with E-state index in [0.717, 1.165) is 36.6 Å². The van der Waals surface area contributed by atoms with Crippen LogP contribution in [0.25, 0.3) is 0 Å². The molecule has 0 aliphatic carbocycles. The van der Waals surface area contributed by atoms with E-state index in [0.29, 0.717) is 10.7 Å². The lowest BCUT2D eigenvalue weighted by molar-refractivity contribution is -0.385. The van der Waals surface area contributed by atoms with Gasteiger partial charge in [-0.25, -0.2) is 4.98 Å². The Kier molecular flexibility index (Phi) is 6.76. The summed E-state index contributed by atoms with van der Waals surface area (Å²) in [6.45, 7) is 3.88. The molecule has 0 spiro atoms. The molecular formula is C23H23N5O4S. The van der Waals surface area contributed by atoms with Gasteiger partial charge in [0.05, 0.1) is 17.2 Å². The standard InChI is InChI=1S/C23H23N5O4S/c1-15-7-8-17(11-19(15)28(31)32)22(30)24-12-21(29)26-23-25-18-9-10-27(14-20(18)33-23)13-16-5-3-2-4-6-16/h2-8,11H,9-10,12-14H2,1H3,(H,24,30)(H,25,26,29). The number of rotatable bonds is 7. The number of anilines is 1. The first-order valence-electron chi connectivity index (χ1n) is 10.5. The fraction of sp³-hybridized carbons (Fsp3) is 0.261. The number of benzene rings is 2. The summed E-state index contributed by atoms with van der Waals surface area (Å²) in [7, 11) is 0. The lowest BCUT2D eigenvalue weighted by Gasteiger charge is -2.25. The van der Waals surface area contributed by atoms with E-state index in [9.17, 15) is 19.7 Å². The molecule has 2 N–H and O–H groups in total. The molecule has 1 aromatic heterocycles. The molecule has 0 saturated heterocycles. The Bertz CT molecular complexity index is 1190. The highest BCUT2D eigenvalue weighted by Gasteiger charge is 2.22. The Morgan fingerprint density at radius 2 is 2.00 bits per heavy atom. The van der Waals surface area contributed by atoms with Crippen molar-refractivity contribution in [2.75, 3.05) is 18.4 Å². The molecular weight excluding hydrogens is 442 g/mol. The molecule has 2 amide bonds. The average Bonchev–Trinajstić information content (AvgIpc) is 3.19. The number of aromatic nitrogens is 1. The summed E-state index contributed by atoms with van der Waals surface area (Å²) in [5.74, 6) is -0.958. The van der Waals surface area contributed by atoms with Crippen molar-refractivity contribution >= 4 is 34.0 Å². The summed E-state index contributed by atoms with van der Waals surface area (Å²) < 4.78 is 0. The highest BCUT2D eigenvalue weighted by molar-refractivity contribution is 7.15. The molecule has 170 valence electrons. The summed E-state index contributed by atoms with van der Waals surface area (Å²) in [6.07, 6.45) is 0.817. The maximum atomic E-state index is 12.3. The van der Waals surface area contributed by atoms with E-state index in [1.165, 1.54) is 35.1 Å². The smallest absolute Gasteiger partial charge is 0.273 e. The molecule has 0 saturated carbocycles. The third kappa shape index (κ3) is 5.60. The summed E-state index contributed by atoms with van der Waals surface area (Å²) in [4.78, 5) is 43.2. The molecule has 2 heterocycles. The second-order valence-corrected chi connectivity index (χ2v) is 8.91. The first-order chi connectivity index (χ1) is 15.9. The number of carbonyl (C=O) groups is 2. The van der Waals surface area contributed by atoms with E-state index in [1.54, 1.807) is 6.92 Å². The molecule has 0 unspecified atom stereocenters. The van der Waals surface area contributed by atoms with Crippen molar-refractivity contribution < 1.29 is 14.5 Å². The van der Waals surface area contributed by atoms with Crippen molar-refractivity contribution in [2.45, 2.75) is 26.4 Å². The number of nitrogens with zero attached hydrogens (tertiary/aromatic N) is 3. The maximum Gasteiger partial charge on any atom is 0.273 e. The van der Waals surface area contributed by atoms with Crippen molar-refractivity contribution in [3.8, 4) is 0 Å². The van der Waals surface area contributed by atoms with Crippen molar-refractivity contribution in [2.24, 2.45) is 0 Å². The summed E-state index contributed by atoms with van der Waals surface area (Å²) >= 11 is 1.44. The van der Waals surface area contributed by atoms with Crippen LogP contribution in [0.2, 0.25) is 0 Å². The van der Waals surface area contributed by atoms with Crippen LogP contribution >= 0.6 is 11.3 Å². The number of nitro benzene ring substituents is 1. The number of amides is 2. The van der Waals surface area contributed by atoms with Gasteiger partial charge in [-0.15, -0.1) is 11.3 Å². The molecule has 0 atom stereocenters. The molecule has 4 rings (SSSR count). The predicted octanol–water partition coefficient (Wildman–Crippen LogP) is 3.29. The fourth-order valence-electron chi connectivity index (χ4n) is 3.65. The van der Waals surface area contributed by atoms with Crippen LogP contribution < -0.4 is 10.6 Å². The molecule has 0 fully saturated rings. The van der Waals surface area contributed by atoms with Crippen molar-refractivity contribution in [1.29, 1.82) is 0 Å². The van der Waals surface area contributed by atoms with Crippen LogP contribution in [0, 0.1) is 17.0 Å². The molecule has 1 aliphatic rings. The van der Waals surface area contributed by atoms with Crippen LogP contribution in [0.15, 0.2) is 48.5 Å². The maximum absolute atomic E-state index is 12.3. The highest BCUT2D eigenvalue weighted by Crippen LogP contribution is 2.29. The first-order valence-corrected chi connectivity index (χ1v) is 11.3. The average molecular weight is 466 g/mol. The zero-order valence-electron chi connectivity index (χ0n) is 18.0. The van der Waals surface area contributed by atoms with Gasteiger partial charge in [0.25, 0.3) is 11.6 Å². The quantitative estimate of drug-likeness (QED) is 0.408. The van der Waals surface area contributed by atoms with Gasteiger partial charge in [-0.05, 0) is 18.6 Å². The van der Waals surface area contributed by atoms with E-state index in [4.69, 9.17) is 0 Å².